The van der Waals surface area contributed by atoms with Gasteiger partial charge in [0.25, 0.3) is 0 Å². The third kappa shape index (κ3) is 4.08. The summed E-state index contributed by atoms with van der Waals surface area (Å²) in [5.74, 6) is 1.32. The SMILES string of the molecule is FC(F)(F)c1cc(OC2=NOC(c3ccc(Oc4ccccc4)cc3)C2)n[nH]1. The van der Waals surface area contributed by atoms with Crippen LogP contribution in [0.5, 0.6) is 17.4 Å². The average molecular weight is 389 g/mol. The van der Waals surface area contributed by atoms with Crippen molar-refractivity contribution >= 4 is 5.90 Å². The van der Waals surface area contributed by atoms with Crippen LogP contribution in [0.15, 0.2) is 65.8 Å². The van der Waals surface area contributed by atoms with E-state index in [1.165, 1.54) is 0 Å². The maximum absolute atomic E-state index is 12.6. The number of ether oxygens (including phenoxy) is 2. The molecule has 0 amide bonds. The van der Waals surface area contributed by atoms with Gasteiger partial charge in [0.15, 0.2) is 6.10 Å². The Morgan fingerprint density at radius 2 is 1.68 bits per heavy atom. The Hall–Kier alpha value is -3.49. The lowest BCUT2D eigenvalue weighted by Crippen LogP contribution is -2.07. The van der Waals surface area contributed by atoms with Crippen molar-refractivity contribution in [3.63, 3.8) is 0 Å². The number of nitrogens with one attached hydrogen (secondary N) is 1. The average Bonchev–Trinajstić information content (AvgIpc) is 3.33. The third-order valence-corrected chi connectivity index (χ3v) is 3.95. The van der Waals surface area contributed by atoms with Gasteiger partial charge < -0.3 is 14.3 Å². The topological polar surface area (TPSA) is 68.7 Å². The number of oxime groups is 1. The molecule has 1 aliphatic rings. The standard InChI is InChI=1S/C19H14F3N3O3/c20-19(21,22)16-11-17(24-23-16)27-18-10-15(28-25-18)12-6-8-14(9-7-12)26-13-4-2-1-3-5-13/h1-9,11,15H,10H2,(H,23,24). The maximum Gasteiger partial charge on any atom is 0.432 e. The molecule has 0 spiro atoms. The van der Waals surface area contributed by atoms with Crippen LogP contribution in [0.2, 0.25) is 0 Å². The molecule has 1 aromatic heterocycles. The molecule has 6 nitrogen and oxygen atoms in total. The highest BCUT2D eigenvalue weighted by atomic mass is 19.4. The fraction of sp³-hybridized carbons (Fsp3) is 0.158. The second kappa shape index (κ2) is 7.26. The Morgan fingerprint density at radius 1 is 0.964 bits per heavy atom. The lowest BCUT2D eigenvalue weighted by molar-refractivity contribution is -0.141. The zero-order valence-electron chi connectivity index (χ0n) is 14.3. The van der Waals surface area contributed by atoms with Gasteiger partial charge in [0.05, 0.1) is 6.42 Å². The number of nitrogens with zero attached hydrogens (tertiary/aromatic N) is 2. The van der Waals surface area contributed by atoms with Gasteiger partial charge in [0, 0.05) is 6.07 Å². The summed E-state index contributed by atoms with van der Waals surface area (Å²) in [6, 6.07) is 17.4. The third-order valence-electron chi connectivity index (χ3n) is 3.95. The number of hydrogen-bond acceptors (Lipinski definition) is 5. The van der Waals surface area contributed by atoms with Gasteiger partial charge in [-0.25, -0.2) is 0 Å². The van der Waals surface area contributed by atoms with Gasteiger partial charge >= 0.3 is 6.18 Å². The van der Waals surface area contributed by atoms with Crippen molar-refractivity contribution in [2.45, 2.75) is 18.7 Å². The summed E-state index contributed by atoms with van der Waals surface area (Å²) in [7, 11) is 0. The van der Waals surface area contributed by atoms with Gasteiger partial charge in [-0.3, -0.25) is 5.10 Å². The van der Waals surface area contributed by atoms with Crippen molar-refractivity contribution in [1.82, 2.24) is 10.2 Å². The van der Waals surface area contributed by atoms with E-state index in [4.69, 9.17) is 14.3 Å². The van der Waals surface area contributed by atoms with E-state index in [1.54, 1.807) is 12.1 Å². The molecule has 28 heavy (non-hydrogen) atoms. The number of hydrogen-bond donors (Lipinski definition) is 1. The van der Waals surface area contributed by atoms with E-state index >= 15 is 0 Å². The molecule has 0 saturated carbocycles. The van der Waals surface area contributed by atoms with E-state index in [0.29, 0.717) is 5.75 Å². The number of alkyl halides is 3. The molecular formula is C19H14F3N3O3. The molecule has 144 valence electrons. The number of para-hydroxylation sites is 1. The predicted octanol–water partition coefficient (Wildman–Crippen LogP) is 5.07. The molecule has 4 rings (SSSR count). The van der Waals surface area contributed by atoms with Crippen molar-refractivity contribution in [3.05, 3.63) is 71.9 Å². The first-order chi connectivity index (χ1) is 13.5. The molecule has 1 aliphatic heterocycles. The summed E-state index contributed by atoms with van der Waals surface area (Å²) < 4.78 is 48.7. The van der Waals surface area contributed by atoms with E-state index in [1.807, 2.05) is 47.6 Å². The molecule has 2 aromatic carbocycles. The van der Waals surface area contributed by atoms with Crippen LogP contribution in [0.4, 0.5) is 13.2 Å². The molecule has 9 heteroatoms. The molecule has 1 N–H and O–H groups in total. The minimum atomic E-state index is -4.52. The highest BCUT2D eigenvalue weighted by Crippen LogP contribution is 2.32. The summed E-state index contributed by atoms with van der Waals surface area (Å²) in [5, 5.41) is 9.13. The molecule has 0 radical (unpaired) electrons. The molecule has 0 aliphatic carbocycles. The molecular weight excluding hydrogens is 375 g/mol. The van der Waals surface area contributed by atoms with Crippen molar-refractivity contribution in [3.8, 4) is 17.4 Å². The Labute approximate surface area is 157 Å². The first-order valence-corrected chi connectivity index (χ1v) is 8.33. The maximum atomic E-state index is 12.6. The van der Waals surface area contributed by atoms with E-state index in [9.17, 15) is 13.2 Å². The second-order valence-electron chi connectivity index (χ2n) is 5.99. The largest absolute Gasteiger partial charge is 0.457 e. The predicted molar refractivity (Wildman–Crippen MR) is 93.1 cm³/mol. The summed E-state index contributed by atoms with van der Waals surface area (Å²) in [5.41, 5.74) is -0.159. The highest BCUT2D eigenvalue weighted by Gasteiger charge is 2.34. The Morgan fingerprint density at radius 3 is 2.36 bits per heavy atom. The molecule has 0 bridgehead atoms. The van der Waals surface area contributed by atoms with Gasteiger partial charge in [-0.05, 0) is 29.8 Å². The first kappa shape index (κ1) is 17.9. The van der Waals surface area contributed by atoms with E-state index in [0.717, 1.165) is 17.4 Å². The monoisotopic (exact) mass is 389 g/mol. The molecule has 1 atom stereocenters. The molecule has 3 aromatic rings. The lowest BCUT2D eigenvalue weighted by Gasteiger charge is -2.10. The molecule has 0 saturated heterocycles. The summed E-state index contributed by atoms with van der Waals surface area (Å²) in [6.07, 6.45) is -4.65. The van der Waals surface area contributed by atoms with Gasteiger partial charge in [-0.2, -0.15) is 13.2 Å². The minimum Gasteiger partial charge on any atom is -0.457 e. The zero-order valence-corrected chi connectivity index (χ0v) is 14.3. The number of halogens is 3. The van der Waals surface area contributed by atoms with Crippen molar-refractivity contribution < 1.29 is 27.5 Å². The minimum absolute atomic E-state index is 0.148. The summed E-state index contributed by atoms with van der Waals surface area (Å²) >= 11 is 0. The number of H-pyrrole nitrogens is 1. The number of aromatic nitrogens is 2. The number of aromatic amines is 1. The Balaban J connectivity index is 1.35. The van der Waals surface area contributed by atoms with Gasteiger partial charge in [-0.15, -0.1) is 5.10 Å². The molecule has 2 heterocycles. The van der Waals surface area contributed by atoms with Crippen LogP contribution in [0.3, 0.4) is 0 Å². The van der Waals surface area contributed by atoms with Crippen molar-refractivity contribution in [1.29, 1.82) is 0 Å². The van der Waals surface area contributed by atoms with Crippen LogP contribution in [0.1, 0.15) is 23.8 Å². The van der Waals surface area contributed by atoms with Crippen LogP contribution in [-0.4, -0.2) is 16.1 Å². The lowest BCUT2D eigenvalue weighted by atomic mass is 10.1. The van der Waals surface area contributed by atoms with E-state index < -0.39 is 18.0 Å². The number of benzene rings is 2. The molecule has 1 unspecified atom stereocenters. The fourth-order valence-corrected chi connectivity index (χ4v) is 2.59. The van der Waals surface area contributed by atoms with Crippen LogP contribution >= 0.6 is 0 Å². The molecule has 0 fully saturated rings. The first-order valence-electron chi connectivity index (χ1n) is 8.33. The van der Waals surface area contributed by atoms with Crippen LogP contribution in [0.25, 0.3) is 0 Å². The van der Waals surface area contributed by atoms with E-state index in [2.05, 4.69) is 10.3 Å². The second-order valence-corrected chi connectivity index (χ2v) is 5.99. The normalized spacial score (nSPS) is 16.4. The van der Waals surface area contributed by atoms with Crippen molar-refractivity contribution in [2.75, 3.05) is 0 Å². The smallest absolute Gasteiger partial charge is 0.432 e. The zero-order chi connectivity index (χ0) is 19.6. The van der Waals surface area contributed by atoms with Gasteiger partial charge in [-0.1, -0.05) is 35.5 Å². The summed E-state index contributed by atoms with van der Waals surface area (Å²) in [6.45, 7) is 0. The van der Waals surface area contributed by atoms with Crippen LogP contribution in [0, 0.1) is 0 Å². The van der Waals surface area contributed by atoms with Gasteiger partial charge in [0.2, 0.25) is 11.8 Å². The van der Waals surface area contributed by atoms with Gasteiger partial charge in [0.1, 0.15) is 17.2 Å². The van der Waals surface area contributed by atoms with Crippen molar-refractivity contribution in [2.24, 2.45) is 5.16 Å². The summed E-state index contributed by atoms with van der Waals surface area (Å²) in [4.78, 5) is 5.32. The van der Waals surface area contributed by atoms with Crippen LogP contribution in [-0.2, 0) is 11.0 Å². The van der Waals surface area contributed by atoms with E-state index in [-0.39, 0.29) is 18.2 Å². The Kier molecular flexibility index (Phi) is 4.64. The quantitative estimate of drug-likeness (QED) is 0.676. The van der Waals surface area contributed by atoms with Crippen LogP contribution < -0.4 is 9.47 Å². The highest BCUT2D eigenvalue weighted by molar-refractivity contribution is 5.79. The fourth-order valence-electron chi connectivity index (χ4n) is 2.59. The Bertz CT molecular complexity index is 969. The number of rotatable bonds is 4.